The smallest absolute Gasteiger partial charge is 0.154 e. The van der Waals surface area contributed by atoms with Crippen LogP contribution < -0.4 is 4.74 Å². The molecule has 0 radical (unpaired) electrons. The molecule has 2 aromatic carbocycles. The Morgan fingerprint density at radius 1 is 0.931 bits per heavy atom. The molecule has 0 N–H and O–H groups in total. The fourth-order valence-corrected chi connectivity index (χ4v) is 6.07. The number of rotatable bonds is 3. The molecule has 29 heavy (non-hydrogen) atoms. The summed E-state index contributed by atoms with van der Waals surface area (Å²) in [5.74, 6) is -0.146. The second kappa shape index (κ2) is 6.53. The zero-order valence-electron chi connectivity index (χ0n) is 17.3. The van der Waals surface area contributed by atoms with Crippen molar-refractivity contribution in [1.82, 2.24) is 0 Å². The zero-order chi connectivity index (χ0) is 20.4. The number of Topliss-reactive ketones (excluding diaryl/α,β-unsaturated/α-hetero) is 2. The predicted octanol–water partition coefficient (Wildman–Crippen LogP) is 4.04. The number of ketones is 2. The SMILES string of the molecule is COc1ccc([C@@H]2C[C@@H]3O[C@H]2[C@H]2C(=O)C(c4c(C)cc(C)cc4C)C(=O)[C@H]23)cc1. The number of benzene rings is 2. The van der Waals surface area contributed by atoms with E-state index < -0.39 is 5.92 Å². The van der Waals surface area contributed by atoms with Crippen LogP contribution >= 0.6 is 0 Å². The number of aryl methyl sites for hydroxylation is 3. The van der Waals surface area contributed by atoms with E-state index in [1.54, 1.807) is 7.11 Å². The first-order valence-electron chi connectivity index (χ1n) is 10.3. The number of methoxy groups -OCH3 is 1. The van der Waals surface area contributed by atoms with E-state index in [1.165, 1.54) is 0 Å². The van der Waals surface area contributed by atoms with Crippen LogP contribution in [0.2, 0.25) is 0 Å². The van der Waals surface area contributed by atoms with Gasteiger partial charge in [0.1, 0.15) is 11.7 Å². The van der Waals surface area contributed by atoms with Crippen LogP contribution in [-0.2, 0) is 14.3 Å². The highest BCUT2D eigenvalue weighted by molar-refractivity contribution is 6.17. The van der Waals surface area contributed by atoms with Crippen LogP contribution in [0.1, 0.15) is 46.1 Å². The second-order valence-electron chi connectivity index (χ2n) is 8.86. The van der Waals surface area contributed by atoms with Gasteiger partial charge in [-0.2, -0.15) is 0 Å². The van der Waals surface area contributed by atoms with Crippen molar-refractivity contribution in [2.24, 2.45) is 11.8 Å². The molecule has 0 spiro atoms. The van der Waals surface area contributed by atoms with Crippen molar-refractivity contribution in [3.63, 3.8) is 0 Å². The van der Waals surface area contributed by atoms with E-state index >= 15 is 0 Å². The van der Waals surface area contributed by atoms with Gasteiger partial charge in [0.25, 0.3) is 0 Å². The summed E-state index contributed by atoms with van der Waals surface area (Å²) in [4.78, 5) is 26.9. The summed E-state index contributed by atoms with van der Waals surface area (Å²) < 4.78 is 11.5. The molecule has 2 aromatic rings. The molecule has 4 heteroatoms. The van der Waals surface area contributed by atoms with E-state index in [1.807, 2.05) is 32.9 Å². The van der Waals surface area contributed by atoms with Crippen LogP contribution in [0, 0.1) is 32.6 Å². The fourth-order valence-electron chi connectivity index (χ4n) is 6.07. The van der Waals surface area contributed by atoms with Gasteiger partial charge in [-0.15, -0.1) is 0 Å². The molecule has 1 unspecified atom stereocenters. The summed E-state index contributed by atoms with van der Waals surface area (Å²) in [5.41, 5.74) is 5.30. The molecule has 1 saturated carbocycles. The molecule has 6 atom stereocenters. The molecule has 2 aliphatic heterocycles. The lowest BCUT2D eigenvalue weighted by molar-refractivity contribution is -0.127. The summed E-state index contributed by atoms with van der Waals surface area (Å²) >= 11 is 0. The number of ether oxygens (including phenoxy) is 2. The molecule has 5 rings (SSSR count). The molecular formula is C25H26O4. The maximum absolute atomic E-state index is 13.5. The number of carbonyl (C=O) groups is 2. The number of carbonyl (C=O) groups excluding carboxylic acids is 2. The minimum Gasteiger partial charge on any atom is -0.497 e. The van der Waals surface area contributed by atoms with Crippen LogP contribution in [0.25, 0.3) is 0 Å². The first-order chi connectivity index (χ1) is 13.9. The highest BCUT2D eigenvalue weighted by Crippen LogP contribution is 2.57. The van der Waals surface area contributed by atoms with Crippen LogP contribution in [0.3, 0.4) is 0 Å². The molecular weight excluding hydrogens is 364 g/mol. The standard InChI is InChI=1S/C25H26O4/c1-12-9-13(2)19(14(3)10-12)21-23(26)20-18-11-17(25(29-18)22(20)24(21)27)15-5-7-16(28-4)8-6-15/h5-10,17-18,20-22,25H,11H2,1-4H3/t17-,18-,20-,21?,22+,25+/m0/s1. The molecule has 0 aromatic heterocycles. The minimum atomic E-state index is -0.630. The molecule has 2 heterocycles. The normalized spacial score (nSPS) is 32.7. The Labute approximate surface area is 171 Å². The quantitative estimate of drug-likeness (QED) is 0.742. The third-order valence-electron chi connectivity index (χ3n) is 7.15. The summed E-state index contributed by atoms with van der Waals surface area (Å²) in [5, 5.41) is 0. The van der Waals surface area contributed by atoms with Gasteiger partial charge in [-0.25, -0.2) is 0 Å². The third-order valence-corrected chi connectivity index (χ3v) is 7.15. The Hall–Kier alpha value is -2.46. The van der Waals surface area contributed by atoms with Crippen molar-refractivity contribution in [2.45, 2.75) is 51.2 Å². The lowest BCUT2D eigenvalue weighted by Crippen LogP contribution is -2.34. The average molecular weight is 390 g/mol. The Morgan fingerprint density at radius 2 is 1.55 bits per heavy atom. The van der Waals surface area contributed by atoms with Crippen molar-refractivity contribution in [3.8, 4) is 5.75 Å². The van der Waals surface area contributed by atoms with Gasteiger partial charge in [0.2, 0.25) is 0 Å². The number of hydrogen-bond donors (Lipinski definition) is 0. The van der Waals surface area contributed by atoms with E-state index in [2.05, 4.69) is 24.3 Å². The lowest BCUT2D eigenvalue weighted by Gasteiger charge is -2.26. The average Bonchev–Trinajstić information content (AvgIpc) is 3.34. The van der Waals surface area contributed by atoms with Gasteiger partial charge in [0, 0.05) is 5.92 Å². The molecule has 2 bridgehead atoms. The molecule has 1 aliphatic carbocycles. The summed E-state index contributed by atoms with van der Waals surface area (Å²) in [6, 6.07) is 12.1. The van der Waals surface area contributed by atoms with Crippen molar-refractivity contribution in [3.05, 3.63) is 64.2 Å². The summed E-state index contributed by atoms with van der Waals surface area (Å²) in [6.07, 6.45) is 0.450. The highest BCUT2D eigenvalue weighted by Gasteiger charge is 2.66. The van der Waals surface area contributed by atoms with Crippen molar-refractivity contribution < 1.29 is 19.1 Å². The zero-order valence-corrected chi connectivity index (χ0v) is 17.3. The van der Waals surface area contributed by atoms with Crippen LogP contribution in [-0.4, -0.2) is 30.9 Å². The van der Waals surface area contributed by atoms with Gasteiger partial charge in [-0.05, 0) is 61.6 Å². The fraction of sp³-hybridized carbons (Fsp3) is 0.440. The lowest BCUT2D eigenvalue weighted by atomic mass is 9.73. The van der Waals surface area contributed by atoms with Crippen molar-refractivity contribution >= 4 is 11.6 Å². The van der Waals surface area contributed by atoms with E-state index in [0.29, 0.717) is 0 Å². The molecule has 3 fully saturated rings. The topological polar surface area (TPSA) is 52.6 Å². The number of fused-ring (bicyclic) bond motifs is 5. The Balaban J connectivity index is 1.49. The Morgan fingerprint density at radius 3 is 2.17 bits per heavy atom. The summed E-state index contributed by atoms with van der Waals surface area (Å²) in [6.45, 7) is 6.06. The molecule has 2 saturated heterocycles. The molecule has 3 aliphatic rings. The second-order valence-corrected chi connectivity index (χ2v) is 8.86. The predicted molar refractivity (Wildman–Crippen MR) is 109 cm³/mol. The molecule has 4 nitrogen and oxygen atoms in total. The third kappa shape index (κ3) is 2.62. The van der Waals surface area contributed by atoms with Gasteiger partial charge in [0.05, 0.1) is 31.2 Å². The first-order valence-corrected chi connectivity index (χ1v) is 10.3. The van der Waals surface area contributed by atoms with E-state index in [4.69, 9.17) is 9.47 Å². The summed E-state index contributed by atoms with van der Waals surface area (Å²) in [7, 11) is 1.65. The van der Waals surface area contributed by atoms with Gasteiger partial charge in [0.15, 0.2) is 11.6 Å². The molecule has 0 amide bonds. The van der Waals surface area contributed by atoms with Crippen LogP contribution in [0.4, 0.5) is 0 Å². The van der Waals surface area contributed by atoms with E-state index in [0.717, 1.165) is 40.0 Å². The Kier molecular flexibility index (Phi) is 4.18. The largest absolute Gasteiger partial charge is 0.497 e. The highest BCUT2D eigenvalue weighted by atomic mass is 16.5. The van der Waals surface area contributed by atoms with Crippen LogP contribution in [0.15, 0.2) is 36.4 Å². The van der Waals surface area contributed by atoms with Gasteiger partial charge in [-0.3, -0.25) is 9.59 Å². The van der Waals surface area contributed by atoms with Crippen molar-refractivity contribution in [2.75, 3.05) is 7.11 Å². The van der Waals surface area contributed by atoms with E-state index in [9.17, 15) is 9.59 Å². The van der Waals surface area contributed by atoms with Crippen LogP contribution in [0.5, 0.6) is 5.75 Å². The maximum Gasteiger partial charge on any atom is 0.154 e. The maximum atomic E-state index is 13.5. The monoisotopic (exact) mass is 390 g/mol. The van der Waals surface area contributed by atoms with Gasteiger partial charge < -0.3 is 9.47 Å². The van der Waals surface area contributed by atoms with Gasteiger partial charge >= 0.3 is 0 Å². The molecule has 150 valence electrons. The minimum absolute atomic E-state index is 0.0563. The van der Waals surface area contributed by atoms with E-state index in [-0.39, 0.29) is 41.5 Å². The van der Waals surface area contributed by atoms with Crippen molar-refractivity contribution in [1.29, 1.82) is 0 Å². The van der Waals surface area contributed by atoms with Gasteiger partial charge in [-0.1, -0.05) is 29.8 Å². The number of hydrogen-bond acceptors (Lipinski definition) is 4. The Bertz CT molecular complexity index is 983. The first kappa shape index (κ1) is 18.6.